The fourth-order valence-corrected chi connectivity index (χ4v) is 5.57. The van der Waals surface area contributed by atoms with Gasteiger partial charge in [0.05, 0.1) is 6.10 Å². The molecular weight excluding hydrogens is 328 g/mol. The zero-order valence-corrected chi connectivity index (χ0v) is 14.6. The molecule has 0 aliphatic heterocycles. The minimum absolute atomic E-state index is 0.202. The van der Waals surface area contributed by atoms with Crippen molar-refractivity contribution in [3.8, 4) is 0 Å². The molecule has 0 spiro atoms. The molecular formula is C18H22O5S. The maximum absolute atomic E-state index is 12.3. The molecule has 5 nitrogen and oxygen atoms in total. The van der Waals surface area contributed by atoms with Crippen LogP contribution in [-0.4, -0.2) is 24.9 Å². The molecule has 130 valence electrons. The van der Waals surface area contributed by atoms with Crippen LogP contribution in [0.4, 0.5) is 0 Å². The van der Waals surface area contributed by atoms with E-state index < -0.39 is 16.5 Å². The molecule has 3 atom stereocenters. The van der Waals surface area contributed by atoms with E-state index in [0.717, 1.165) is 31.2 Å². The monoisotopic (exact) mass is 350 g/mol. The largest absolute Gasteiger partial charge is 0.397 e. The van der Waals surface area contributed by atoms with Crippen molar-refractivity contribution in [2.45, 2.75) is 63.9 Å². The highest BCUT2D eigenvalue weighted by Crippen LogP contribution is 2.54. The molecule has 4 rings (SSSR count). The Morgan fingerprint density at radius 3 is 2.71 bits per heavy atom. The van der Waals surface area contributed by atoms with Gasteiger partial charge in [0.15, 0.2) is 0 Å². The van der Waals surface area contributed by atoms with Crippen molar-refractivity contribution in [1.29, 1.82) is 0 Å². The standard InChI is InChI=1S/C18H22O5S/c1-18-9-8-14-13-5-3-12(23-24(20,21)22)10-11(13)2-4-15(14)16(18)6-7-17(18)19/h2,4,12,16H,3,5-10H2,1H3,(H,20,21,22)/t12-,16?,18?/m0/s1. The van der Waals surface area contributed by atoms with Crippen LogP contribution in [-0.2, 0) is 38.6 Å². The molecule has 0 aromatic heterocycles. The molecule has 1 N–H and O–H groups in total. The van der Waals surface area contributed by atoms with Crippen molar-refractivity contribution in [3.63, 3.8) is 0 Å². The lowest BCUT2D eigenvalue weighted by Crippen LogP contribution is -2.34. The van der Waals surface area contributed by atoms with Crippen LogP contribution in [0.5, 0.6) is 0 Å². The summed E-state index contributed by atoms with van der Waals surface area (Å²) in [6.07, 6.45) is 4.81. The minimum Gasteiger partial charge on any atom is -0.299 e. The smallest absolute Gasteiger partial charge is 0.299 e. The first-order chi connectivity index (χ1) is 11.3. The predicted molar refractivity (Wildman–Crippen MR) is 88.3 cm³/mol. The summed E-state index contributed by atoms with van der Waals surface area (Å²) >= 11 is 0. The molecule has 0 amide bonds. The second-order valence-electron chi connectivity index (χ2n) is 7.59. The zero-order chi connectivity index (χ0) is 17.1. The molecule has 24 heavy (non-hydrogen) atoms. The van der Waals surface area contributed by atoms with E-state index in [2.05, 4.69) is 19.1 Å². The van der Waals surface area contributed by atoms with Crippen LogP contribution < -0.4 is 0 Å². The van der Waals surface area contributed by atoms with Gasteiger partial charge in [-0.15, -0.1) is 0 Å². The first-order valence-corrected chi connectivity index (χ1v) is 9.97. The van der Waals surface area contributed by atoms with Crippen molar-refractivity contribution in [1.82, 2.24) is 0 Å². The van der Waals surface area contributed by atoms with Gasteiger partial charge in [-0.25, -0.2) is 4.18 Å². The SMILES string of the molecule is CC12CCc3c(ccc4c3CC[C@H](OS(=O)(=O)O)C4)C1CCC2=O. The van der Waals surface area contributed by atoms with Crippen LogP contribution in [0.2, 0.25) is 0 Å². The van der Waals surface area contributed by atoms with E-state index in [9.17, 15) is 13.2 Å². The Morgan fingerprint density at radius 1 is 1.17 bits per heavy atom. The summed E-state index contributed by atoms with van der Waals surface area (Å²) in [5.41, 5.74) is 4.91. The number of Topliss-reactive ketones (excluding diaryl/α,β-unsaturated/α-hetero) is 1. The van der Waals surface area contributed by atoms with Crippen LogP contribution in [0.25, 0.3) is 0 Å². The maximum Gasteiger partial charge on any atom is 0.397 e. The van der Waals surface area contributed by atoms with Gasteiger partial charge < -0.3 is 0 Å². The van der Waals surface area contributed by atoms with Gasteiger partial charge in [-0.3, -0.25) is 9.35 Å². The van der Waals surface area contributed by atoms with E-state index >= 15 is 0 Å². The van der Waals surface area contributed by atoms with Gasteiger partial charge in [0.25, 0.3) is 0 Å². The van der Waals surface area contributed by atoms with Crippen molar-refractivity contribution in [3.05, 3.63) is 34.4 Å². The topological polar surface area (TPSA) is 80.7 Å². The van der Waals surface area contributed by atoms with Gasteiger partial charge in [-0.1, -0.05) is 19.1 Å². The van der Waals surface area contributed by atoms with Crippen molar-refractivity contribution >= 4 is 16.2 Å². The summed E-state index contributed by atoms with van der Waals surface area (Å²) < 4.78 is 35.5. The molecule has 0 bridgehead atoms. The summed E-state index contributed by atoms with van der Waals surface area (Å²) in [7, 11) is -4.41. The third-order valence-electron chi connectivity index (χ3n) is 6.32. The van der Waals surface area contributed by atoms with Gasteiger partial charge in [0.2, 0.25) is 0 Å². The van der Waals surface area contributed by atoms with E-state index in [1.165, 1.54) is 16.7 Å². The number of hydrogen-bond donors (Lipinski definition) is 1. The van der Waals surface area contributed by atoms with Gasteiger partial charge >= 0.3 is 10.4 Å². The quantitative estimate of drug-likeness (QED) is 0.830. The number of benzene rings is 1. The molecule has 3 aliphatic rings. The van der Waals surface area contributed by atoms with E-state index in [4.69, 9.17) is 8.74 Å². The Labute approximate surface area is 142 Å². The number of carbonyl (C=O) groups excluding carboxylic acids is 1. The fourth-order valence-electron chi connectivity index (χ4n) is 5.06. The Morgan fingerprint density at radius 2 is 1.96 bits per heavy atom. The molecule has 1 fully saturated rings. The van der Waals surface area contributed by atoms with Gasteiger partial charge in [0.1, 0.15) is 5.78 Å². The lowest BCUT2D eigenvalue weighted by Gasteiger charge is -2.39. The van der Waals surface area contributed by atoms with E-state index in [-0.39, 0.29) is 5.41 Å². The molecule has 0 saturated heterocycles. The predicted octanol–water partition coefficient (Wildman–Crippen LogP) is 2.76. The van der Waals surface area contributed by atoms with Crippen molar-refractivity contribution in [2.75, 3.05) is 0 Å². The lowest BCUT2D eigenvalue weighted by atomic mass is 9.65. The molecule has 6 heteroatoms. The van der Waals surface area contributed by atoms with E-state index in [1.54, 1.807) is 0 Å². The Bertz CT molecular complexity index is 813. The average Bonchev–Trinajstić information content (AvgIpc) is 2.81. The van der Waals surface area contributed by atoms with E-state index in [1.807, 2.05) is 0 Å². The van der Waals surface area contributed by atoms with Crippen LogP contribution in [0, 0.1) is 5.41 Å². The third-order valence-corrected chi connectivity index (χ3v) is 6.84. The highest BCUT2D eigenvalue weighted by atomic mass is 32.3. The molecule has 0 heterocycles. The summed E-state index contributed by atoms with van der Waals surface area (Å²) in [4.78, 5) is 12.3. The molecule has 3 aliphatic carbocycles. The Balaban J connectivity index is 1.67. The van der Waals surface area contributed by atoms with Crippen LogP contribution >= 0.6 is 0 Å². The average molecular weight is 350 g/mol. The zero-order valence-electron chi connectivity index (χ0n) is 13.7. The number of rotatable bonds is 2. The van der Waals surface area contributed by atoms with Crippen LogP contribution in [0.1, 0.15) is 60.8 Å². The summed E-state index contributed by atoms with van der Waals surface area (Å²) in [5.74, 6) is 0.725. The normalized spacial score (nSPS) is 32.2. The highest BCUT2D eigenvalue weighted by molar-refractivity contribution is 7.80. The summed E-state index contributed by atoms with van der Waals surface area (Å²) in [5, 5.41) is 0. The first kappa shape index (κ1) is 16.2. The molecule has 1 aromatic rings. The number of fused-ring (bicyclic) bond motifs is 5. The first-order valence-electron chi connectivity index (χ1n) is 8.60. The fraction of sp³-hybridized carbons (Fsp3) is 0.611. The second kappa shape index (κ2) is 5.38. The maximum atomic E-state index is 12.3. The second-order valence-corrected chi connectivity index (χ2v) is 8.64. The molecule has 1 saturated carbocycles. The van der Waals surface area contributed by atoms with Crippen molar-refractivity contribution < 1.29 is 21.9 Å². The number of carbonyl (C=O) groups is 1. The van der Waals surface area contributed by atoms with Crippen LogP contribution in [0.15, 0.2) is 12.1 Å². The third kappa shape index (κ3) is 2.52. The summed E-state index contributed by atoms with van der Waals surface area (Å²) in [6, 6.07) is 4.19. The minimum atomic E-state index is -4.41. The van der Waals surface area contributed by atoms with Crippen LogP contribution in [0.3, 0.4) is 0 Å². The molecule has 1 aromatic carbocycles. The highest BCUT2D eigenvalue weighted by Gasteiger charge is 2.49. The Hall–Kier alpha value is -1.24. The van der Waals surface area contributed by atoms with Gasteiger partial charge in [-0.05, 0) is 60.3 Å². The lowest BCUT2D eigenvalue weighted by molar-refractivity contribution is -0.126. The summed E-state index contributed by atoms with van der Waals surface area (Å²) in [6.45, 7) is 2.12. The molecule has 0 radical (unpaired) electrons. The number of ketones is 1. The molecule has 2 unspecified atom stereocenters. The van der Waals surface area contributed by atoms with Gasteiger partial charge in [0, 0.05) is 18.3 Å². The van der Waals surface area contributed by atoms with E-state index in [0.29, 0.717) is 31.0 Å². The van der Waals surface area contributed by atoms with Crippen molar-refractivity contribution in [2.24, 2.45) is 5.41 Å². The number of hydrogen-bond acceptors (Lipinski definition) is 4. The van der Waals surface area contributed by atoms with Gasteiger partial charge in [-0.2, -0.15) is 8.42 Å². The Kier molecular flexibility index (Phi) is 3.64.